The molecule has 1 saturated heterocycles. The van der Waals surface area contributed by atoms with Crippen LogP contribution in [0.1, 0.15) is 92.2 Å². The number of amides is 2. The Morgan fingerprint density at radius 1 is 1.09 bits per heavy atom. The summed E-state index contributed by atoms with van der Waals surface area (Å²) in [5, 5.41) is 3.47. The van der Waals surface area contributed by atoms with Crippen LogP contribution in [0.5, 0.6) is 5.88 Å². The van der Waals surface area contributed by atoms with Crippen LogP contribution in [0.15, 0.2) is 18.2 Å². The number of alkyl carbamates (subject to hydrolysis) is 1. The fraction of sp³-hybridized carbons (Fsp3) is 0.667. The molecule has 6 atom stereocenters. The minimum absolute atomic E-state index is 0.133. The number of hydrogen-bond donors (Lipinski definition) is 1. The third-order valence-corrected chi connectivity index (χ3v) is 9.91. The first kappa shape index (κ1) is 31.5. The molecule has 1 saturated carbocycles. The maximum absolute atomic E-state index is 14.2. The molecule has 3 aliphatic rings. The van der Waals surface area contributed by atoms with Gasteiger partial charge in [-0.25, -0.2) is 14.8 Å². The lowest BCUT2D eigenvalue weighted by molar-refractivity contribution is -0.141. The highest BCUT2D eigenvalue weighted by atomic mass is 35.5. The van der Waals surface area contributed by atoms with E-state index in [9.17, 15) is 14.4 Å². The first-order valence-electron chi connectivity index (χ1n) is 15.7. The number of halogens is 1. The molecule has 1 N–H and O–H groups in total. The molecule has 0 radical (unpaired) electrons. The first-order valence-corrected chi connectivity index (χ1v) is 16.1. The van der Waals surface area contributed by atoms with Crippen molar-refractivity contribution in [3.8, 4) is 5.88 Å². The number of Topliss-reactive ketones (excluding diaryl/α,β-unsaturated/α-hetero) is 1. The zero-order chi connectivity index (χ0) is 31.1. The SMILES string of the molecule is CC(=O)[C@@H]1[C@H](C)[C@@H]2CN1C(=O)[C@H](C(C)(C)C)NC(=O)O[C@]1(C)CCC[C@H]1CCCCCc1nc3ccc(Cl)cc3nc1O2. The highest BCUT2D eigenvalue weighted by Crippen LogP contribution is 2.42. The van der Waals surface area contributed by atoms with Crippen LogP contribution in [0.3, 0.4) is 0 Å². The molecular formula is C33H45ClN4O5. The van der Waals surface area contributed by atoms with Gasteiger partial charge in [0.25, 0.3) is 0 Å². The van der Waals surface area contributed by atoms with Gasteiger partial charge in [-0.2, -0.15) is 0 Å². The van der Waals surface area contributed by atoms with Gasteiger partial charge in [-0.3, -0.25) is 9.59 Å². The van der Waals surface area contributed by atoms with Crippen molar-refractivity contribution in [1.82, 2.24) is 20.2 Å². The summed E-state index contributed by atoms with van der Waals surface area (Å²) in [5.74, 6) is -0.0903. The van der Waals surface area contributed by atoms with Crippen molar-refractivity contribution in [2.45, 2.75) is 117 Å². The number of hydrogen-bond acceptors (Lipinski definition) is 7. The smallest absolute Gasteiger partial charge is 0.408 e. The summed E-state index contributed by atoms with van der Waals surface area (Å²) in [6.45, 7) is 11.3. The number of aromatic nitrogens is 2. The van der Waals surface area contributed by atoms with Gasteiger partial charge in [-0.1, -0.05) is 52.1 Å². The number of nitrogens with one attached hydrogen (secondary N) is 1. The van der Waals surface area contributed by atoms with E-state index < -0.39 is 35.3 Å². The van der Waals surface area contributed by atoms with Crippen molar-refractivity contribution in [3.05, 3.63) is 28.9 Å². The largest absolute Gasteiger partial charge is 0.471 e. The van der Waals surface area contributed by atoms with Crippen molar-refractivity contribution in [1.29, 1.82) is 0 Å². The molecule has 5 rings (SSSR count). The number of aryl methyl sites for hydroxylation is 1. The van der Waals surface area contributed by atoms with Crippen LogP contribution >= 0.6 is 11.6 Å². The van der Waals surface area contributed by atoms with E-state index in [4.69, 9.17) is 31.0 Å². The van der Waals surface area contributed by atoms with E-state index in [2.05, 4.69) is 5.32 Å². The minimum atomic E-state index is -0.895. The van der Waals surface area contributed by atoms with E-state index in [0.29, 0.717) is 22.8 Å². The number of fused-ring (bicyclic) bond motifs is 5. The van der Waals surface area contributed by atoms with Gasteiger partial charge in [0.15, 0.2) is 5.78 Å². The first-order chi connectivity index (χ1) is 20.3. The Kier molecular flexibility index (Phi) is 8.94. The van der Waals surface area contributed by atoms with E-state index in [1.807, 2.05) is 40.7 Å². The summed E-state index contributed by atoms with van der Waals surface area (Å²) in [7, 11) is 0. The number of rotatable bonds is 1. The third-order valence-electron chi connectivity index (χ3n) is 9.68. The number of carbonyl (C=O) groups excluding carboxylic acids is 3. The average molecular weight is 613 g/mol. The Labute approximate surface area is 259 Å². The number of ketones is 1. The van der Waals surface area contributed by atoms with Crippen molar-refractivity contribution >= 4 is 40.4 Å². The lowest BCUT2D eigenvalue weighted by atomic mass is 9.85. The van der Waals surface area contributed by atoms with Gasteiger partial charge in [0, 0.05) is 10.9 Å². The van der Waals surface area contributed by atoms with Crippen molar-refractivity contribution in [2.75, 3.05) is 6.54 Å². The topological polar surface area (TPSA) is 111 Å². The predicted octanol–water partition coefficient (Wildman–Crippen LogP) is 6.28. The molecule has 2 amide bonds. The summed E-state index contributed by atoms with van der Waals surface area (Å²) in [6.07, 6.45) is 6.30. The summed E-state index contributed by atoms with van der Waals surface area (Å²) < 4.78 is 12.7. The fourth-order valence-corrected chi connectivity index (χ4v) is 7.36. The number of benzene rings is 1. The van der Waals surface area contributed by atoms with Crippen molar-refractivity contribution in [2.24, 2.45) is 17.3 Å². The average Bonchev–Trinajstić information content (AvgIpc) is 3.44. The Hall–Kier alpha value is -2.94. The van der Waals surface area contributed by atoms with E-state index in [-0.39, 0.29) is 30.1 Å². The maximum atomic E-state index is 14.2. The van der Waals surface area contributed by atoms with Gasteiger partial charge in [-0.15, -0.1) is 0 Å². The van der Waals surface area contributed by atoms with Crippen molar-refractivity contribution in [3.63, 3.8) is 0 Å². The highest BCUT2D eigenvalue weighted by Gasteiger charge is 2.50. The Balaban J connectivity index is 1.53. The number of carbonyl (C=O) groups is 3. The molecule has 10 heteroatoms. The van der Waals surface area contributed by atoms with E-state index in [1.165, 1.54) is 6.92 Å². The van der Waals surface area contributed by atoms with E-state index in [0.717, 1.165) is 56.2 Å². The summed E-state index contributed by atoms with van der Waals surface area (Å²) in [4.78, 5) is 51.9. The van der Waals surface area contributed by atoms with Crippen LogP contribution in [0.25, 0.3) is 11.0 Å². The maximum Gasteiger partial charge on any atom is 0.408 e. The number of ether oxygens (including phenoxy) is 2. The molecule has 2 bridgehead atoms. The Morgan fingerprint density at radius 3 is 2.56 bits per heavy atom. The van der Waals surface area contributed by atoms with Crippen LogP contribution in [0.4, 0.5) is 4.79 Å². The van der Waals surface area contributed by atoms with Gasteiger partial charge < -0.3 is 19.7 Å². The van der Waals surface area contributed by atoms with Crippen LogP contribution < -0.4 is 10.1 Å². The zero-order valence-corrected chi connectivity index (χ0v) is 27.0. The Bertz CT molecular complexity index is 1390. The second kappa shape index (κ2) is 12.2. The minimum Gasteiger partial charge on any atom is -0.471 e. The molecule has 1 aromatic heterocycles. The molecule has 1 aromatic carbocycles. The zero-order valence-electron chi connectivity index (χ0n) is 26.2. The summed E-state index contributed by atoms with van der Waals surface area (Å²) >= 11 is 6.27. The van der Waals surface area contributed by atoms with Crippen LogP contribution in [-0.4, -0.2) is 63.0 Å². The van der Waals surface area contributed by atoms with Gasteiger partial charge in [0.2, 0.25) is 11.8 Å². The van der Waals surface area contributed by atoms with Crippen LogP contribution in [-0.2, 0) is 20.7 Å². The molecule has 9 nitrogen and oxygen atoms in total. The molecule has 2 fully saturated rings. The van der Waals surface area contributed by atoms with Gasteiger partial charge in [0.05, 0.1) is 23.6 Å². The fourth-order valence-electron chi connectivity index (χ4n) is 7.20. The van der Waals surface area contributed by atoms with Gasteiger partial charge >= 0.3 is 6.09 Å². The second-order valence-electron chi connectivity index (χ2n) is 14.0. The van der Waals surface area contributed by atoms with Gasteiger partial charge in [0.1, 0.15) is 23.4 Å². The molecule has 2 aromatic rings. The summed E-state index contributed by atoms with van der Waals surface area (Å²) in [5.41, 5.74) is 0.927. The molecule has 0 unspecified atom stereocenters. The second-order valence-corrected chi connectivity index (χ2v) is 14.4. The van der Waals surface area contributed by atoms with E-state index in [1.54, 1.807) is 17.0 Å². The third kappa shape index (κ3) is 6.61. The highest BCUT2D eigenvalue weighted by molar-refractivity contribution is 6.31. The quantitative estimate of drug-likeness (QED) is 0.403. The van der Waals surface area contributed by atoms with Crippen LogP contribution in [0.2, 0.25) is 5.02 Å². The molecular weight excluding hydrogens is 568 g/mol. The molecule has 234 valence electrons. The lowest BCUT2D eigenvalue weighted by Gasteiger charge is -2.37. The normalized spacial score (nSPS) is 30.9. The Morgan fingerprint density at radius 2 is 1.84 bits per heavy atom. The number of nitrogens with zero attached hydrogens (tertiary/aromatic N) is 3. The van der Waals surface area contributed by atoms with E-state index >= 15 is 0 Å². The lowest BCUT2D eigenvalue weighted by Crippen LogP contribution is -2.57. The molecule has 2 aliphatic heterocycles. The molecule has 3 heterocycles. The molecule has 43 heavy (non-hydrogen) atoms. The monoisotopic (exact) mass is 612 g/mol. The predicted molar refractivity (Wildman–Crippen MR) is 165 cm³/mol. The standard InChI is InChI=1S/C33H45ClN4O5/c1-19-26-18-38(27(19)20(2)39)30(40)28(32(3,4)5)37-31(41)43-33(6)16-10-12-21(33)11-8-7-9-13-24-29(42-26)36-25-17-22(34)14-15-23(25)35-24/h14-15,17,19,21,26-28H,7-13,16,18H2,1-6H3,(H,37,41)/t19-,21-,26+,27+,28-,33-/m1/s1. The van der Waals surface area contributed by atoms with Gasteiger partial charge in [-0.05, 0) is 81.9 Å². The van der Waals surface area contributed by atoms with Crippen molar-refractivity contribution < 1.29 is 23.9 Å². The molecule has 1 aliphatic carbocycles. The molecule has 0 spiro atoms. The summed E-state index contributed by atoms with van der Waals surface area (Å²) in [6, 6.07) is 3.84. The van der Waals surface area contributed by atoms with Crippen LogP contribution in [0, 0.1) is 17.3 Å².